The van der Waals surface area contributed by atoms with Crippen molar-refractivity contribution in [3.63, 3.8) is 0 Å². The lowest BCUT2D eigenvalue weighted by atomic mass is 10.3. The molecule has 1 aliphatic rings. The first-order valence-electron chi connectivity index (χ1n) is 5.77. The van der Waals surface area contributed by atoms with Gasteiger partial charge in [-0.1, -0.05) is 27.0 Å². The van der Waals surface area contributed by atoms with Gasteiger partial charge in [-0.2, -0.15) is 11.8 Å². The fraction of sp³-hybridized carbons (Fsp3) is 0.538. The molecule has 0 bridgehead atoms. The number of hydrogen-bond acceptors (Lipinski definition) is 3. The summed E-state index contributed by atoms with van der Waals surface area (Å²) in [5, 5.41) is 3.88. The number of rotatable bonds is 5. The molecule has 0 saturated carbocycles. The molecular formula is C13H22N2S. The first-order valence-corrected chi connectivity index (χ1v) is 6.82. The lowest BCUT2D eigenvalue weighted by Crippen LogP contribution is -2.37. The summed E-state index contributed by atoms with van der Waals surface area (Å²) in [7, 11) is 0. The van der Waals surface area contributed by atoms with Crippen molar-refractivity contribution >= 4 is 11.8 Å². The molecule has 1 aliphatic heterocycles. The highest BCUT2D eigenvalue weighted by atomic mass is 32.2. The van der Waals surface area contributed by atoms with Gasteiger partial charge in [0.1, 0.15) is 5.82 Å². The maximum Gasteiger partial charge on any atom is 0.103 e. The highest BCUT2D eigenvalue weighted by Gasteiger charge is 2.17. The molecule has 3 heteroatoms. The Kier molecular flexibility index (Phi) is 5.00. The van der Waals surface area contributed by atoms with Crippen LogP contribution in [0, 0.1) is 0 Å². The third kappa shape index (κ3) is 3.63. The van der Waals surface area contributed by atoms with Crippen LogP contribution in [0.3, 0.4) is 0 Å². The summed E-state index contributed by atoms with van der Waals surface area (Å²) in [6.07, 6.45) is 5.27. The van der Waals surface area contributed by atoms with Crippen molar-refractivity contribution in [3.8, 4) is 0 Å². The van der Waals surface area contributed by atoms with Crippen molar-refractivity contribution in [2.75, 3.05) is 5.75 Å². The maximum atomic E-state index is 4.01. The molecule has 0 aliphatic carbocycles. The molecule has 0 spiro atoms. The molecule has 1 N–H and O–H groups in total. The van der Waals surface area contributed by atoms with Gasteiger partial charge in [-0.3, -0.25) is 0 Å². The van der Waals surface area contributed by atoms with Crippen LogP contribution in [0.2, 0.25) is 0 Å². The molecule has 0 aromatic carbocycles. The van der Waals surface area contributed by atoms with Crippen LogP contribution >= 0.6 is 11.8 Å². The van der Waals surface area contributed by atoms with E-state index in [-0.39, 0.29) is 0 Å². The van der Waals surface area contributed by atoms with E-state index < -0.39 is 0 Å². The van der Waals surface area contributed by atoms with Gasteiger partial charge < -0.3 is 10.2 Å². The Morgan fingerprint density at radius 3 is 2.69 bits per heavy atom. The topological polar surface area (TPSA) is 15.3 Å². The minimum atomic E-state index is 0.461. The summed E-state index contributed by atoms with van der Waals surface area (Å²) in [6.45, 7) is 14.6. The standard InChI is InChI=1S/C13H22N2S/c1-6-12(4)16-9-11(3)15-8-7-10(2)14-13(15)5/h7-8,11-12,14H,2,5-6,9H2,1,3-4H3/t11-,12-/m0/s1. The molecule has 0 amide bonds. The van der Waals surface area contributed by atoms with Gasteiger partial charge in [-0.25, -0.2) is 0 Å². The summed E-state index contributed by atoms with van der Waals surface area (Å²) >= 11 is 2.01. The van der Waals surface area contributed by atoms with E-state index in [1.807, 2.05) is 17.8 Å². The fourth-order valence-corrected chi connectivity index (χ4v) is 2.47. The molecule has 1 heterocycles. The second kappa shape index (κ2) is 6.04. The van der Waals surface area contributed by atoms with E-state index in [0.29, 0.717) is 6.04 Å². The highest BCUT2D eigenvalue weighted by molar-refractivity contribution is 7.99. The smallest absolute Gasteiger partial charge is 0.103 e. The molecule has 0 aromatic rings. The van der Waals surface area contributed by atoms with Crippen LogP contribution in [0.5, 0.6) is 0 Å². The van der Waals surface area contributed by atoms with Crippen LogP contribution < -0.4 is 5.32 Å². The molecule has 16 heavy (non-hydrogen) atoms. The van der Waals surface area contributed by atoms with E-state index in [1.54, 1.807) is 0 Å². The number of nitrogens with zero attached hydrogens (tertiary/aromatic N) is 1. The first-order chi connectivity index (χ1) is 7.54. The predicted molar refractivity (Wildman–Crippen MR) is 74.1 cm³/mol. The zero-order valence-corrected chi connectivity index (χ0v) is 11.3. The summed E-state index contributed by atoms with van der Waals surface area (Å²) in [5.41, 5.74) is 0.906. The van der Waals surface area contributed by atoms with Gasteiger partial charge in [0.25, 0.3) is 0 Å². The van der Waals surface area contributed by atoms with Crippen LogP contribution in [0.25, 0.3) is 0 Å². The predicted octanol–water partition coefficient (Wildman–Crippen LogP) is 3.31. The minimum absolute atomic E-state index is 0.461. The van der Waals surface area contributed by atoms with Crippen LogP contribution in [0.4, 0.5) is 0 Å². The van der Waals surface area contributed by atoms with Crippen LogP contribution in [0.1, 0.15) is 27.2 Å². The van der Waals surface area contributed by atoms with Crippen molar-refractivity contribution in [2.24, 2.45) is 0 Å². The van der Waals surface area contributed by atoms with E-state index in [4.69, 9.17) is 0 Å². The molecule has 0 saturated heterocycles. The number of hydrogen-bond donors (Lipinski definition) is 1. The number of allylic oxidation sites excluding steroid dienone is 1. The molecule has 0 radical (unpaired) electrons. The molecule has 1 rings (SSSR count). The van der Waals surface area contributed by atoms with Gasteiger partial charge in [0.2, 0.25) is 0 Å². The van der Waals surface area contributed by atoms with Crippen molar-refractivity contribution in [1.82, 2.24) is 10.2 Å². The van der Waals surface area contributed by atoms with E-state index in [9.17, 15) is 0 Å². The number of thioether (sulfide) groups is 1. The largest absolute Gasteiger partial charge is 0.343 e. The average Bonchev–Trinajstić information content (AvgIpc) is 2.25. The Morgan fingerprint density at radius 1 is 1.44 bits per heavy atom. The zero-order chi connectivity index (χ0) is 12.1. The SMILES string of the molecule is C=C1C=CN([C@@H](C)CS[C@@H](C)CC)C(=C)N1. The molecular weight excluding hydrogens is 216 g/mol. The van der Waals surface area contributed by atoms with Crippen molar-refractivity contribution in [2.45, 2.75) is 38.5 Å². The molecule has 2 nitrogen and oxygen atoms in total. The monoisotopic (exact) mass is 238 g/mol. The maximum absolute atomic E-state index is 4.01. The van der Waals surface area contributed by atoms with Crippen molar-refractivity contribution in [1.29, 1.82) is 0 Å². The normalized spacial score (nSPS) is 19.6. The van der Waals surface area contributed by atoms with E-state index in [0.717, 1.165) is 22.5 Å². The van der Waals surface area contributed by atoms with Gasteiger partial charge in [0.15, 0.2) is 0 Å². The van der Waals surface area contributed by atoms with Gasteiger partial charge >= 0.3 is 0 Å². The van der Waals surface area contributed by atoms with E-state index in [2.05, 4.69) is 50.3 Å². The van der Waals surface area contributed by atoms with Gasteiger partial charge in [0.05, 0.1) is 0 Å². The second-order valence-corrected chi connectivity index (χ2v) is 5.69. The lowest BCUT2D eigenvalue weighted by Gasteiger charge is -2.33. The van der Waals surface area contributed by atoms with Crippen LogP contribution in [-0.2, 0) is 0 Å². The molecule has 90 valence electrons. The van der Waals surface area contributed by atoms with Gasteiger partial charge in [-0.15, -0.1) is 0 Å². The summed E-state index contributed by atoms with van der Waals surface area (Å²) in [6, 6.07) is 0.461. The first kappa shape index (κ1) is 13.2. The third-order valence-corrected chi connectivity index (χ3v) is 4.30. The van der Waals surface area contributed by atoms with Crippen LogP contribution in [0.15, 0.2) is 37.0 Å². The highest BCUT2D eigenvalue weighted by Crippen LogP contribution is 2.20. The van der Waals surface area contributed by atoms with Crippen molar-refractivity contribution < 1.29 is 0 Å². The summed E-state index contributed by atoms with van der Waals surface area (Å²) < 4.78 is 0. The van der Waals surface area contributed by atoms with E-state index >= 15 is 0 Å². The fourth-order valence-electron chi connectivity index (χ4n) is 1.47. The molecule has 0 fully saturated rings. The van der Waals surface area contributed by atoms with E-state index in [1.165, 1.54) is 6.42 Å². The Morgan fingerprint density at radius 2 is 2.12 bits per heavy atom. The average molecular weight is 238 g/mol. The van der Waals surface area contributed by atoms with Crippen molar-refractivity contribution in [3.05, 3.63) is 37.0 Å². The molecule has 0 aromatic heterocycles. The minimum Gasteiger partial charge on any atom is -0.343 e. The van der Waals surface area contributed by atoms with Crippen LogP contribution in [-0.4, -0.2) is 21.9 Å². The summed E-state index contributed by atoms with van der Waals surface area (Å²) in [5.74, 6) is 2.04. The molecule has 2 atom stereocenters. The zero-order valence-electron chi connectivity index (χ0n) is 10.5. The molecule has 0 unspecified atom stereocenters. The van der Waals surface area contributed by atoms with Gasteiger partial charge in [-0.05, 0) is 19.4 Å². The summed E-state index contributed by atoms with van der Waals surface area (Å²) in [4.78, 5) is 2.17. The number of nitrogens with one attached hydrogen (secondary N) is 1. The van der Waals surface area contributed by atoms with Gasteiger partial charge in [0, 0.05) is 28.9 Å². The quantitative estimate of drug-likeness (QED) is 0.791. The Labute approximate surface area is 103 Å². The third-order valence-electron chi connectivity index (χ3n) is 2.72. The Bertz CT molecular complexity index is 296. The Hall–Kier alpha value is -0.830. The lowest BCUT2D eigenvalue weighted by molar-refractivity contribution is 0.363. The Balaban J connectivity index is 2.47. The second-order valence-electron chi connectivity index (χ2n) is 4.22.